The van der Waals surface area contributed by atoms with Crippen molar-refractivity contribution in [1.82, 2.24) is 0 Å². The second kappa shape index (κ2) is 3.43. The number of nitrogens with zero attached hydrogens (tertiary/aromatic N) is 1. The van der Waals surface area contributed by atoms with Gasteiger partial charge in [0.1, 0.15) is 5.84 Å². The van der Waals surface area contributed by atoms with Gasteiger partial charge in [-0.25, -0.2) is 4.99 Å². The van der Waals surface area contributed by atoms with Gasteiger partial charge in [-0.05, 0) is 25.2 Å². The first-order chi connectivity index (χ1) is 7.57. The third-order valence-electron chi connectivity index (χ3n) is 4.88. The zero-order valence-electron chi connectivity index (χ0n) is 12.1. The highest BCUT2D eigenvalue weighted by molar-refractivity contribution is 6.06. The zero-order chi connectivity index (χ0) is 13.1. The molecule has 2 bridgehead atoms. The molecule has 0 heterocycles. The fourth-order valence-electron chi connectivity index (χ4n) is 3.60. The average molecular weight is 234 g/mol. The number of hydrogen-bond donors (Lipinski definition) is 1. The predicted molar refractivity (Wildman–Crippen MR) is 73.8 cm³/mol. The highest BCUT2D eigenvalue weighted by atomic mass is 14.9. The Hall–Kier alpha value is -0.660. The zero-order valence-corrected chi connectivity index (χ0v) is 12.1. The van der Waals surface area contributed by atoms with Crippen LogP contribution in [-0.4, -0.2) is 11.5 Å². The third kappa shape index (κ3) is 1.86. The van der Waals surface area contributed by atoms with Crippen molar-refractivity contribution in [1.29, 1.82) is 5.41 Å². The van der Waals surface area contributed by atoms with Crippen molar-refractivity contribution >= 4 is 11.5 Å². The minimum absolute atomic E-state index is 0.138. The topological polar surface area (TPSA) is 36.2 Å². The molecule has 0 saturated heterocycles. The van der Waals surface area contributed by atoms with Gasteiger partial charge in [0.05, 0.1) is 0 Å². The van der Waals surface area contributed by atoms with Gasteiger partial charge >= 0.3 is 0 Å². The summed E-state index contributed by atoms with van der Waals surface area (Å²) in [6.45, 7) is 13.2. The summed E-state index contributed by atoms with van der Waals surface area (Å²) in [6.07, 6.45) is 3.87. The number of fused-ring (bicyclic) bond motifs is 2. The van der Waals surface area contributed by atoms with Crippen LogP contribution in [0.25, 0.3) is 0 Å². The van der Waals surface area contributed by atoms with Crippen LogP contribution in [0.5, 0.6) is 0 Å². The summed E-state index contributed by atoms with van der Waals surface area (Å²) in [6, 6.07) is 0. The SMILES string of the molecule is CC(C)(C)C(=N)N=C1C2(C)CCC(C2)C1(C)C. The Morgan fingerprint density at radius 2 is 1.88 bits per heavy atom. The molecule has 2 saturated carbocycles. The van der Waals surface area contributed by atoms with E-state index in [1.807, 2.05) is 0 Å². The molecule has 2 nitrogen and oxygen atoms in total. The Labute approximate surface area is 105 Å². The maximum absolute atomic E-state index is 8.16. The lowest BCUT2D eigenvalue weighted by atomic mass is 9.70. The van der Waals surface area contributed by atoms with Crippen LogP contribution in [0.3, 0.4) is 0 Å². The highest BCUT2D eigenvalue weighted by Crippen LogP contribution is 2.60. The van der Waals surface area contributed by atoms with Crippen LogP contribution in [0, 0.1) is 27.6 Å². The predicted octanol–water partition coefficient (Wildman–Crippen LogP) is 4.30. The van der Waals surface area contributed by atoms with Gasteiger partial charge in [0.25, 0.3) is 0 Å². The third-order valence-corrected chi connectivity index (χ3v) is 4.88. The smallest absolute Gasteiger partial charge is 0.125 e. The summed E-state index contributed by atoms with van der Waals surface area (Å²) in [4.78, 5) is 4.75. The van der Waals surface area contributed by atoms with Crippen molar-refractivity contribution in [2.75, 3.05) is 0 Å². The molecule has 0 amide bonds. The second-order valence-electron chi connectivity index (χ2n) is 7.78. The lowest BCUT2D eigenvalue weighted by Crippen LogP contribution is -2.37. The summed E-state index contributed by atoms with van der Waals surface area (Å²) >= 11 is 0. The Balaban J connectivity index is 2.38. The molecule has 0 spiro atoms. The van der Waals surface area contributed by atoms with Crippen molar-refractivity contribution in [2.45, 2.75) is 60.8 Å². The molecule has 17 heavy (non-hydrogen) atoms. The first-order valence-electron chi connectivity index (χ1n) is 6.76. The van der Waals surface area contributed by atoms with Crippen LogP contribution < -0.4 is 0 Å². The molecule has 96 valence electrons. The van der Waals surface area contributed by atoms with E-state index in [2.05, 4.69) is 41.5 Å². The molecule has 2 unspecified atom stereocenters. The monoisotopic (exact) mass is 234 g/mol. The van der Waals surface area contributed by atoms with Crippen LogP contribution in [-0.2, 0) is 0 Å². The lowest BCUT2D eigenvalue weighted by molar-refractivity contribution is 0.333. The molecule has 2 rings (SSSR count). The number of hydrogen-bond acceptors (Lipinski definition) is 1. The fourth-order valence-corrected chi connectivity index (χ4v) is 3.60. The van der Waals surface area contributed by atoms with Gasteiger partial charge in [-0.1, -0.05) is 41.5 Å². The molecular weight excluding hydrogens is 208 g/mol. The molecule has 0 radical (unpaired) electrons. The maximum atomic E-state index is 8.16. The molecule has 0 aromatic rings. The van der Waals surface area contributed by atoms with Crippen molar-refractivity contribution in [3.05, 3.63) is 0 Å². The molecule has 2 aliphatic carbocycles. The normalized spacial score (nSPS) is 37.8. The number of nitrogens with one attached hydrogen (secondary N) is 1. The van der Waals surface area contributed by atoms with Crippen molar-refractivity contribution in [3.8, 4) is 0 Å². The van der Waals surface area contributed by atoms with Gasteiger partial charge in [0.15, 0.2) is 0 Å². The summed E-state index contributed by atoms with van der Waals surface area (Å²) < 4.78 is 0. The molecular formula is C15H26N2. The Morgan fingerprint density at radius 3 is 2.29 bits per heavy atom. The molecule has 1 N–H and O–H groups in total. The molecule has 2 aliphatic rings. The van der Waals surface area contributed by atoms with E-state index < -0.39 is 0 Å². The fraction of sp³-hybridized carbons (Fsp3) is 0.867. The number of rotatable bonds is 0. The first kappa shape index (κ1) is 12.8. The van der Waals surface area contributed by atoms with E-state index in [0.29, 0.717) is 5.84 Å². The van der Waals surface area contributed by atoms with Crippen molar-refractivity contribution in [3.63, 3.8) is 0 Å². The first-order valence-corrected chi connectivity index (χ1v) is 6.76. The minimum Gasteiger partial charge on any atom is -0.286 e. The largest absolute Gasteiger partial charge is 0.286 e. The Kier molecular flexibility index (Phi) is 2.58. The standard InChI is InChI=1S/C15H26N2/c1-13(2,3)12(16)17-11-14(4,5)10-7-8-15(11,6)9-10/h10,16H,7-9H2,1-6H3. The van der Waals surface area contributed by atoms with E-state index in [9.17, 15) is 0 Å². The summed E-state index contributed by atoms with van der Waals surface area (Å²) in [5, 5.41) is 8.16. The van der Waals surface area contributed by atoms with E-state index in [-0.39, 0.29) is 16.2 Å². The summed E-state index contributed by atoms with van der Waals surface area (Å²) in [7, 11) is 0. The van der Waals surface area contributed by atoms with Gasteiger partial charge in [-0.15, -0.1) is 0 Å². The molecule has 0 aliphatic heterocycles. The van der Waals surface area contributed by atoms with Crippen LogP contribution in [0.15, 0.2) is 4.99 Å². The van der Waals surface area contributed by atoms with Gasteiger partial charge < -0.3 is 0 Å². The molecule has 2 heteroatoms. The highest BCUT2D eigenvalue weighted by Gasteiger charge is 2.57. The van der Waals surface area contributed by atoms with Crippen molar-refractivity contribution < 1.29 is 0 Å². The van der Waals surface area contributed by atoms with Crippen LogP contribution in [0.4, 0.5) is 0 Å². The molecule has 0 aromatic carbocycles. The molecule has 2 atom stereocenters. The maximum Gasteiger partial charge on any atom is 0.125 e. The second-order valence-corrected chi connectivity index (χ2v) is 7.78. The molecule has 0 aromatic heterocycles. The van der Waals surface area contributed by atoms with Gasteiger partial charge in [-0.2, -0.15) is 0 Å². The number of aliphatic imine (C=N–C) groups is 1. The lowest BCUT2D eigenvalue weighted by Gasteiger charge is -2.36. The summed E-state index contributed by atoms with van der Waals surface area (Å²) in [5.41, 5.74) is 1.62. The van der Waals surface area contributed by atoms with E-state index in [4.69, 9.17) is 10.4 Å². The molecule has 2 fully saturated rings. The van der Waals surface area contributed by atoms with Gasteiger partial charge in [-0.3, -0.25) is 5.41 Å². The quantitative estimate of drug-likeness (QED) is 0.479. The average Bonchev–Trinajstić information content (AvgIpc) is 2.62. The van der Waals surface area contributed by atoms with Crippen LogP contribution >= 0.6 is 0 Å². The summed E-state index contributed by atoms with van der Waals surface area (Å²) in [5.74, 6) is 1.31. The van der Waals surface area contributed by atoms with Crippen LogP contribution in [0.1, 0.15) is 60.8 Å². The van der Waals surface area contributed by atoms with E-state index in [0.717, 1.165) is 5.92 Å². The minimum atomic E-state index is -0.138. The van der Waals surface area contributed by atoms with Crippen molar-refractivity contribution in [2.24, 2.45) is 27.2 Å². The van der Waals surface area contributed by atoms with E-state index >= 15 is 0 Å². The number of amidine groups is 1. The Morgan fingerprint density at radius 1 is 1.29 bits per heavy atom. The van der Waals surface area contributed by atoms with Crippen LogP contribution in [0.2, 0.25) is 0 Å². The van der Waals surface area contributed by atoms with E-state index in [1.54, 1.807) is 0 Å². The van der Waals surface area contributed by atoms with E-state index in [1.165, 1.54) is 25.0 Å². The van der Waals surface area contributed by atoms with Gasteiger partial charge in [0.2, 0.25) is 0 Å². The Bertz CT molecular complexity index is 377. The van der Waals surface area contributed by atoms with Gasteiger partial charge in [0, 0.05) is 22.0 Å².